The lowest BCUT2D eigenvalue weighted by molar-refractivity contribution is -0.129. The second-order valence-electron chi connectivity index (χ2n) is 8.38. The zero-order valence-corrected chi connectivity index (χ0v) is 16.1. The summed E-state index contributed by atoms with van der Waals surface area (Å²) in [5.41, 5.74) is 1.75. The van der Waals surface area contributed by atoms with E-state index in [0.29, 0.717) is 42.4 Å². The van der Waals surface area contributed by atoms with E-state index in [1.165, 1.54) is 25.7 Å². The summed E-state index contributed by atoms with van der Waals surface area (Å²) in [5, 5.41) is 6.11. The molecule has 1 heterocycles. The molecule has 2 aliphatic carbocycles. The van der Waals surface area contributed by atoms with Crippen molar-refractivity contribution in [2.45, 2.75) is 57.6 Å². The van der Waals surface area contributed by atoms with Crippen molar-refractivity contribution in [2.75, 3.05) is 13.2 Å². The molecule has 5 heteroatoms. The number of rotatable bonds is 6. The maximum absolute atomic E-state index is 12.5. The molecule has 3 aliphatic rings. The van der Waals surface area contributed by atoms with Gasteiger partial charge in [0, 0.05) is 43.0 Å². The topological polar surface area (TPSA) is 67.4 Å². The predicted molar refractivity (Wildman–Crippen MR) is 103 cm³/mol. The fourth-order valence-electron chi connectivity index (χ4n) is 5.21. The molecule has 1 aromatic rings. The van der Waals surface area contributed by atoms with Crippen LogP contribution in [0.2, 0.25) is 0 Å². The van der Waals surface area contributed by atoms with Crippen LogP contribution in [0.15, 0.2) is 24.3 Å². The average Bonchev–Trinajstić information content (AvgIpc) is 3.31. The van der Waals surface area contributed by atoms with E-state index in [0.717, 1.165) is 18.6 Å². The van der Waals surface area contributed by atoms with Crippen LogP contribution >= 0.6 is 0 Å². The molecule has 5 nitrogen and oxygen atoms in total. The first kappa shape index (κ1) is 18.5. The second-order valence-corrected chi connectivity index (χ2v) is 8.38. The quantitative estimate of drug-likeness (QED) is 0.809. The highest BCUT2D eigenvalue weighted by Crippen LogP contribution is 2.51. The molecule has 0 aromatic heterocycles. The average molecular weight is 370 g/mol. The minimum atomic E-state index is -0.125. The molecule has 2 N–H and O–H groups in total. The van der Waals surface area contributed by atoms with Crippen LogP contribution in [0.25, 0.3) is 0 Å². The Balaban J connectivity index is 1.25. The van der Waals surface area contributed by atoms with E-state index in [-0.39, 0.29) is 17.9 Å². The fraction of sp³-hybridized carbons (Fsp3) is 0.636. The molecular weight excluding hydrogens is 340 g/mol. The maximum atomic E-state index is 12.5. The Kier molecular flexibility index (Phi) is 5.48. The van der Waals surface area contributed by atoms with E-state index in [1.54, 1.807) is 0 Å². The van der Waals surface area contributed by atoms with Crippen LogP contribution < -0.4 is 10.6 Å². The summed E-state index contributed by atoms with van der Waals surface area (Å²) in [6.45, 7) is 3.19. The Bertz CT molecular complexity index is 677. The van der Waals surface area contributed by atoms with E-state index in [2.05, 4.69) is 10.6 Å². The Morgan fingerprint density at radius 3 is 2.59 bits per heavy atom. The third kappa shape index (κ3) is 3.88. The van der Waals surface area contributed by atoms with Crippen molar-refractivity contribution in [1.82, 2.24) is 10.6 Å². The molecular formula is C22H30N2O3. The van der Waals surface area contributed by atoms with Crippen LogP contribution in [0.1, 0.15) is 54.4 Å². The van der Waals surface area contributed by atoms with E-state index >= 15 is 0 Å². The number of nitrogens with one attached hydrogen (secondary N) is 2. The summed E-state index contributed by atoms with van der Waals surface area (Å²) in [6.07, 6.45) is 6.91. The third-order valence-corrected chi connectivity index (χ3v) is 6.66. The number of ether oxygens (including phenoxy) is 1. The van der Waals surface area contributed by atoms with Gasteiger partial charge in [-0.05, 0) is 31.4 Å². The van der Waals surface area contributed by atoms with Gasteiger partial charge in [-0.3, -0.25) is 9.59 Å². The van der Waals surface area contributed by atoms with E-state index in [9.17, 15) is 9.59 Å². The smallest absolute Gasteiger partial charge is 0.251 e. The minimum absolute atomic E-state index is 0.0394. The van der Waals surface area contributed by atoms with Crippen molar-refractivity contribution in [2.24, 2.45) is 17.8 Å². The van der Waals surface area contributed by atoms with Crippen LogP contribution in [0.4, 0.5) is 0 Å². The molecule has 27 heavy (non-hydrogen) atoms. The van der Waals surface area contributed by atoms with Gasteiger partial charge in [0.25, 0.3) is 5.91 Å². The third-order valence-electron chi connectivity index (χ3n) is 6.66. The van der Waals surface area contributed by atoms with Crippen molar-refractivity contribution in [3.05, 3.63) is 35.4 Å². The molecule has 2 saturated carbocycles. The molecule has 0 spiro atoms. The number of hydrogen-bond acceptors (Lipinski definition) is 3. The van der Waals surface area contributed by atoms with Gasteiger partial charge in [-0.25, -0.2) is 0 Å². The first-order valence-corrected chi connectivity index (χ1v) is 10.4. The summed E-state index contributed by atoms with van der Waals surface area (Å²) in [5.74, 6) is 1.60. The molecule has 0 unspecified atom stereocenters. The standard InChI is InChI=1S/C22H30N2O3/c1-14-6-8-16(9-7-14)22(26)23-12-10-18(25)24-20-17-11-13-27-21(17)19(20)15-4-2-3-5-15/h6-9,15,17,19-21H,2-5,10-13H2,1H3,(H,23,26)(H,24,25)/t17-,19+,20-,21-/m0/s1. The van der Waals surface area contributed by atoms with Gasteiger partial charge in [0.05, 0.1) is 6.10 Å². The minimum Gasteiger partial charge on any atom is -0.377 e. The van der Waals surface area contributed by atoms with Gasteiger partial charge in [0.1, 0.15) is 0 Å². The van der Waals surface area contributed by atoms with E-state index < -0.39 is 0 Å². The lowest BCUT2D eigenvalue weighted by Crippen LogP contribution is -2.63. The van der Waals surface area contributed by atoms with Crippen LogP contribution in [0, 0.1) is 24.7 Å². The normalized spacial score (nSPS) is 29.8. The monoisotopic (exact) mass is 370 g/mol. The number of amides is 2. The number of benzene rings is 1. The molecule has 4 atom stereocenters. The molecule has 1 saturated heterocycles. The van der Waals surface area contributed by atoms with Gasteiger partial charge < -0.3 is 15.4 Å². The van der Waals surface area contributed by atoms with Gasteiger partial charge in [-0.1, -0.05) is 43.4 Å². The number of carbonyl (C=O) groups excluding carboxylic acids is 2. The Labute approximate surface area is 161 Å². The van der Waals surface area contributed by atoms with Gasteiger partial charge in [-0.15, -0.1) is 0 Å². The summed E-state index contributed by atoms with van der Waals surface area (Å²) >= 11 is 0. The molecule has 1 aromatic carbocycles. The zero-order valence-electron chi connectivity index (χ0n) is 16.1. The second kappa shape index (κ2) is 8.01. The number of hydrogen-bond donors (Lipinski definition) is 2. The first-order valence-electron chi connectivity index (χ1n) is 10.4. The summed E-state index contributed by atoms with van der Waals surface area (Å²) in [6, 6.07) is 7.72. The Morgan fingerprint density at radius 2 is 1.85 bits per heavy atom. The molecule has 0 radical (unpaired) electrons. The Morgan fingerprint density at radius 1 is 1.11 bits per heavy atom. The van der Waals surface area contributed by atoms with Crippen molar-refractivity contribution < 1.29 is 14.3 Å². The number of fused-ring (bicyclic) bond motifs is 1. The van der Waals surface area contributed by atoms with Crippen molar-refractivity contribution in [1.29, 1.82) is 0 Å². The lowest BCUT2D eigenvalue weighted by Gasteiger charge is -2.50. The lowest BCUT2D eigenvalue weighted by atomic mass is 9.61. The van der Waals surface area contributed by atoms with Crippen LogP contribution in [-0.4, -0.2) is 37.1 Å². The van der Waals surface area contributed by atoms with E-state index in [4.69, 9.17) is 4.74 Å². The van der Waals surface area contributed by atoms with Crippen molar-refractivity contribution >= 4 is 11.8 Å². The van der Waals surface area contributed by atoms with Gasteiger partial charge in [0.15, 0.2) is 0 Å². The molecule has 2 amide bonds. The predicted octanol–water partition coefficient (Wildman–Crippen LogP) is 2.82. The molecule has 4 rings (SSSR count). The summed E-state index contributed by atoms with van der Waals surface area (Å²) in [4.78, 5) is 24.6. The van der Waals surface area contributed by atoms with Crippen molar-refractivity contribution in [3.63, 3.8) is 0 Å². The highest BCUT2D eigenvalue weighted by molar-refractivity contribution is 5.94. The zero-order chi connectivity index (χ0) is 18.8. The van der Waals surface area contributed by atoms with E-state index in [1.807, 2.05) is 31.2 Å². The number of carbonyl (C=O) groups is 2. The first-order chi connectivity index (χ1) is 13.1. The molecule has 1 aliphatic heterocycles. The maximum Gasteiger partial charge on any atom is 0.251 e. The summed E-state index contributed by atoms with van der Waals surface area (Å²) < 4.78 is 5.95. The van der Waals surface area contributed by atoms with Crippen LogP contribution in [-0.2, 0) is 9.53 Å². The van der Waals surface area contributed by atoms with Crippen LogP contribution in [0.5, 0.6) is 0 Å². The van der Waals surface area contributed by atoms with Crippen molar-refractivity contribution in [3.8, 4) is 0 Å². The van der Waals surface area contributed by atoms with Gasteiger partial charge in [0.2, 0.25) is 5.91 Å². The fourth-order valence-corrected chi connectivity index (χ4v) is 5.21. The molecule has 146 valence electrons. The van der Waals surface area contributed by atoms with Gasteiger partial charge >= 0.3 is 0 Å². The highest BCUT2D eigenvalue weighted by Gasteiger charge is 2.56. The largest absolute Gasteiger partial charge is 0.377 e. The number of aryl methyl sites for hydroxylation is 1. The highest BCUT2D eigenvalue weighted by atomic mass is 16.5. The Hall–Kier alpha value is -1.88. The molecule has 0 bridgehead atoms. The van der Waals surface area contributed by atoms with Gasteiger partial charge in [-0.2, -0.15) is 0 Å². The molecule has 3 fully saturated rings. The summed E-state index contributed by atoms with van der Waals surface area (Å²) in [7, 11) is 0. The van der Waals surface area contributed by atoms with Crippen LogP contribution in [0.3, 0.4) is 0 Å². The SMILES string of the molecule is Cc1ccc(C(=O)NCCC(=O)N[C@H]2[C@@H]3CCO[C@@H]3[C@@H]2C2CCCC2)cc1.